The van der Waals surface area contributed by atoms with Crippen LogP contribution in [0.3, 0.4) is 0 Å². The summed E-state index contributed by atoms with van der Waals surface area (Å²) >= 11 is 0. The maximum atomic E-state index is 12.1. The molecule has 2 aromatic rings. The van der Waals surface area contributed by atoms with E-state index in [-0.39, 0.29) is 6.03 Å². The number of nitrogens with zero attached hydrogens (tertiary/aromatic N) is 1. The minimum atomic E-state index is -0.217. The number of benzene rings is 2. The average Bonchev–Trinajstić information content (AvgIpc) is 3.05. The van der Waals surface area contributed by atoms with Gasteiger partial charge in [0.2, 0.25) is 0 Å². The normalized spacial score (nSPS) is 13.9. The molecule has 0 unspecified atom stereocenters. The second-order valence-electron chi connectivity index (χ2n) is 6.14. The summed E-state index contributed by atoms with van der Waals surface area (Å²) in [6.45, 7) is 6.28. The fourth-order valence-corrected chi connectivity index (χ4v) is 2.97. The smallest absolute Gasteiger partial charge is 0.323 e. The van der Waals surface area contributed by atoms with E-state index < -0.39 is 0 Å². The van der Waals surface area contributed by atoms with Gasteiger partial charge in [-0.15, -0.1) is 0 Å². The van der Waals surface area contributed by atoms with Crippen LogP contribution in [0, 0.1) is 13.8 Å². The summed E-state index contributed by atoms with van der Waals surface area (Å²) in [5.41, 5.74) is 5.11. The van der Waals surface area contributed by atoms with Crippen LogP contribution in [0.2, 0.25) is 0 Å². The van der Waals surface area contributed by atoms with Gasteiger partial charge in [0, 0.05) is 30.2 Å². The number of hydrogen-bond acceptors (Lipinski definition) is 2. The molecule has 23 heavy (non-hydrogen) atoms. The second kappa shape index (κ2) is 6.73. The lowest BCUT2D eigenvalue weighted by Crippen LogP contribution is -2.20. The Hall–Kier alpha value is -2.49. The highest BCUT2D eigenvalue weighted by molar-refractivity contribution is 6.00. The van der Waals surface area contributed by atoms with Crippen molar-refractivity contribution in [1.82, 2.24) is 0 Å². The molecule has 2 aromatic carbocycles. The van der Waals surface area contributed by atoms with Crippen LogP contribution < -0.4 is 15.5 Å². The van der Waals surface area contributed by atoms with E-state index in [9.17, 15) is 4.79 Å². The maximum absolute atomic E-state index is 12.1. The van der Waals surface area contributed by atoms with Crippen LogP contribution in [0.4, 0.5) is 21.9 Å². The van der Waals surface area contributed by atoms with Crippen molar-refractivity contribution < 1.29 is 4.79 Å². The standard InChI is InChI=1S/C19H23N3O/c1-14-5-10-18(15(2)13-14)21-19(23)20-16-6-8-17(9-7-16)22-11-3-4-12-22/h5-10,13H,3-4,11-12H2,1-2H3,(H2,20,21,23). The Labute approximate surface area is 137 Å². The quantitative estimate of drug-likeness (QED) is 0.873. The number of carbonyl (C=O) groups excluding carboxylic acids is 1. The van der Waals surface area contributed by atoms with Crippen molar-refractivity contribution in [2.24, 2.45) is 0 Å². The average molecular weight is 309 g/mol. The Morgan fingerprint density at radius 3 is 2.30 bits per heavy atom. The fourth-order valence-electron chi connectivity index (χ4n) is 2.97. The SMILES string of the molecule is Cc1ccc(NC(=O)Nc2ccc(N3CCCC3)cc2)c(C)c1. The Morgan fingerprint density at radius 2 is 1.65 bits per heavy atom. The van der Waals surface area contributed by atoms with Gasteiger partial charge in [-0.1, -0.05) is 17.7 Å². The first kappa shape index (κ1) is 15.4. The number of rotatable bonds is 3. The summed E-state index contributed by atoms with van der Waals surface area (Å²) in [7, 11) is 0. The zero-order valence-electron chi connectivity index (χ0n) is 13.7. The van der Waals surface area contributed by atoms with E-state index in [1.165, 1.54) is 24.1 Å². The molecule has 0 aliphatic carbocycles. The summed E-state index contributed by atoms with van der Waals surface area (Å²) in [4.78, 5) is 14.5. The largest absolute Gasteiger partial charge is 0.372 e. The van der Waals surface area contributed by atoms with E-state index in [0.717, 1.165) is 30.0 Å². The van der Waals surface area contributed by atoms with Gasteiger partial charge in [-0.3, -0.25) is 0 Å². The second-order valence-corrected chi connectivity index (χ2v) is 6.14. The summed E-state index contributed by atoms with van der Waals surface area (Å²) in [6, 6.07) is 13.8. The summed E-state index contributed by atoms with van der Waals surface area (Å²) in [5, 5.41) is 5.78. The van der Waals surface area contributed by atoms with E-state index >= 15 is 0 Å². The van der Waals surface area contributed by atoms with Crippen molar-refractivity contribution >= 4 is 23.1 Å². The van der Waals surface area contributed by atoms with Crippen molar-refractivity contribution in [3.8, 4) is 0 Å². The summed E-state index contributed by atoms with van der Waals surface area (Å²) in [6.07, 6.45) is 2.52. The molecule has 1 aliphatic heterocycles. The number of aryl methyl sites for hydroxylation is 2. The van der Waals surface area contributed by atoms with E-state index in [1.807, 2.05) is 38.1 Å². The molecular weight excluding hydrogens is 286 g/mol. The van der Waals surface area contributed by atoms with Crippen LogP contribution >= 0.6 is 0 Å². The number of urea groups is 1. The molecule has 3 rings (SSSR count). The first-order valence-corrected chi connectivity index (χ1v) is 8.12. The van der Waals surface area contributed by atoms with Crippen LogP contribution in [0.15, 0.2) is 42.5 Å². The molecule has 1 fully saturated rings. The molecule has 1 saturated heterocycles. The van der Waals surface area contributed by atoms with Crippen LogP contribution in [0.5, 0.6) is 0 Å². The number of hydrogen-bond donors (Lipinski definition) is 2. The maximum Gasteiger partial charge on any atom is 0.323 e. The van der Waals surface area contributed by atoms with E-state index in [1.54, 1.807) is 0 Å². The van der Waals surface area contributed by atoms with Gasteiger partial charge in [0.25, 0.3) is 0 Å². The van der Waals surface area contributed by atoms with Crippen molar-refractivity contribution in [2.45, 2.75) is 26.7 Å². The monoisotopic (exact) mass is 309 g/mol. The summed E-state index contributed by atoms with van der Waals surface area (Å²) in [5.74, 6) is 0. The van der Waals surface area contributed by atoms with Crippen molar-refractivity contribution in [2.75, 3.05) is 28.6 Å². The lowest BCUT2D eigenvalue weighted by atomic mass is 10.1. The van der Waals surface area contributed by atoms with Gasteiger partial charge in [-0.05, 0) is 62.6 Å². The molecule has 0 aromatic heterocycles. The lowest BCUT2D eigenvalue weighted by molar-refractivity contribution is 0.262. The minimum absolute atomic E-state index is 0.217. The number of anilines is 3. The third-order valence-electron chi connectivity index (χ3n) is 4.23. The molecule has 2 N–H and O–H groups in total. The molecule has 2 amide bonds. The minimum Gasteiger partial charge on any atom is -0.372 e. The molecule has 0 saturated carbocycles. The first-order valence-electron chi connectivity index (χ1n) is 8.12. The third-order valence-corrected chi connectivity index (χ3v) is 4.23. The number of nitrogens with one attached hydrogen (secondary N) is 2. The Bertz CT molecular complexity index is 688. The topological polar surface area (TPSA) is 44.4 Å². The Morgan fingerprint density at radius 1 is 0.957 bits per heavy atom. The van der Waals surface area contributed by atoms with Crippen LogP contribution in [0.1, 0.15) is 24.0 Å². The molecular formula is C19H23N3O. The van der Waals surface area contributed by atoms with Crippen molar-refractivity contribution in [1.29, 1.82) is 0 Å². The molecule has 0 radical (unpaired) electrons. The van der Waals surface area contributed by atoms with Crippen LogP contribution in [-0.4, -0.2) is 19.1 Å². The van der Waals surface area contributed by atoms with E-state index in [4.69, 9.17) is 0 Å². The fraction of sp³-hybridized carbons (Fsp3) is 0.316. The predicted octanol–water partition coefficient (Wildman–Crippen LogP) is 4.55. The molecule has 1 aliphatic rings. The highest BCUT2D eigenvalue weighted by Gasteiger charge is 2.12. The van der Waals surface area contributed by atoms with Gasteiger partial charge < -0.3 is 15.5 Å². The van der Waals surface area contributed by atoms with Gasteiger partial charge in [-0.2, -0.15) is 0 Å². The van der Waals surface area contributed by atoms with E-state index in [0.29, 0.717) is 0 Å². The Kier molecular flexibility index (Phi) is 4.51. The first-order chi connectivity index (χ1) is 11.1. The highest BCUT2D eigenvalue weighted by atomic mass is 16.2. The molecule has 0 bridgehead atoms. The lowest BCUT2D eigenvalue weighted by Gasteiger charge is -2.18. The number of amides is 2. The molecule has 4 nitrogen and oxygen atoms in total. The number of carbonyl (C=O) groups is 1. The van der Waals surface area contributed by atoms with Crippen molar-refractivity contribution in [3.05, 3.63) is 53.6 Å². The molecule has 0 spiro atoms. The third kappa shape index (κ3) is 3.83. The van der Waals surface area contributed by atoms with Gasteiger partial charge >= 0.3 is 6.03 Å². The molecule has 1 heterocycles. The predicted molar refractivity (Wildman–Crippen MR) is 96.4 cm³/mol. The van der Waals surface area contributed by atoms with Crippen molar-refractivity contribution in [3.63, 3.8) is 0 Å². The highest BCUT2D eigenvalue weighted by Crippen LogP contribution is 2.22. The summed E-state index contributed by atoms with van der Waals surface area (Å²) < 4.78 is 0. The Balaban J connectivity index is 1.61. The molecule has 120 valence electrons. The van der Waals surface area contributed by atoms with Crippen LogP contribution in [-0.2, 0) is 0 Å². The van der Waals surface area contributed by atoms with Gasteiger partial charge in [0.05, 0.1) is 0 Å². The van der Waals surface area contributed by atoms with E-state index in [2.05, 4.69) is 33.7 Å². The van der Waals surface area contributed by atoms with Gasteiger partial charge in [-0.25, -0.2) is 4.79 Å². The van der Waals surface area contributed by atoms with Gasteiger partial charge in [0.15, 0.2) is 0 Å². The molecule has 4 heteroatoms. The zero-order chi connectivity index (χ0) is 16.2. The van der Waals surface area contributed by atoms with Gasteiger partial charge in [0.1, 0.15) is 0 Å². The van der Waals surface area contributed by atoms with Crippen LogP contribution in [0.25, 0.3) is 0 Å². The molecule has 0 atom stereocenters. The zero-order valence-corrected chi connectivity index (χ0v) is 13.7.